The van der Waals surface area contributed by atoms with E-state index in [1.54, 1.807) is 0 Å². The van der Waals surface area contributed by atoms with Crippen LogP contribution in [0.5, 0.6) is 0 Å². The maximum absolute atomic E-state index is 5.47. The van der Waals surface area contributed by atoms with Crippen molar-refractivity contribution in [3.63, 3.8) is 0 Å². The molecule has 0 atom stereocenters. The molecule has 5 rings (SSSR count). The molecule has 0 unspecified atom stereocenters. The van der Waals surface area contributed by atoms with Gasteiger partial charge in [0, 0.05) is 32.9 Å². The van der Waals surface area contributed by atoms with Crippen molar-refractivity contribution in [3.8, 4) is 22.8 Å². The van der Waals surface area contributed by atoms with E-state index in [-0.39, 0.29) is 0 Å². The van der Waals surface area contributed by atoms with Crippen LogP contribution in [0.25, 0.3) is 44.6 Å². The highest BCUT2D eigenvalue weighted by atomic mass is 32.1. The average molecular weight is 399 g/mol. The summed E-state index contributed by atoms with van der Waals surface area (Å²) in [6, 6.07) is 23.8. The molecule has 0 bridgehead atoms. The Hall–Kier alpha value is -3.22. The van der Waals surface area contributed by atoms with E-state index in [1.807, 2.05) is 72.8 Å². The molecule has 4 nitrogen and oxygen atoms in total. The van der Waals surface area contributed by atoms with Crippen LogP contribution in [-0.2, 0) is 0 Å². The van der Waals surface area contributed by atoms with Crippen molar-refractivity contribution in [3.05, 3.63) is 82.1 Å². The number of hydrogen-bond acceptors (Lipinski definition) is 4. The molecule has 134 valence electrons. The van der Waals surface area contributed by atoms with Crippen molar-refractivity contribution in [2.45, 2.75) is 0 Å². The van der Waals surface area contributed by atoms with Crippen molar-refractivity contribution in [1.29, 1.82) is 0 Å². The summed E-state index contributed by atoms with van der Waals surface area (Å²) in [6.07, 6.45) is 0. The van der Waals surface area contributed by atoms with Gasteiger partial charge in [-0.2, -0.15) is 0 Å². The van der Waals surface area contributed by atoms with E-state index >= 15 is 0 Å². The van der Waals surface area contributed by atoms with Gasteiger partial charge in [-0.05, 0) is 30.3 Å². The molecule has 3 aromatic carbocycles. The number of aromatic amines is 2. The predicted octanol–water partition coefficient (Wildman–Crippen LogP) is 6.23. The highest BCUT2D eigenvalue weighted by Crippen LogP contribution is 2.25. The van der Waals surface area contributed by atoms with E-state index in [2.05, 4.69) is 19.9 Å². The first-order chi connectivity index (χ1) is 13.7. The lowest BCUT2D eigenvalue weighted by Crippen LogP contribution is -1.94. The van der Waals surface area contributed by atoms with Crippen LogP contribution in [0.1, 0.15) is 0 Å². The second-order valence-corrected chi connectivity index (χ2v) is 7.23. The zero-order valence-electron chi connectivity index (χ0n) is 14.6. The molecule has 0 fully saturated rings. The minimum Gasteiger partial charge on any atom is -0.339 e. The first-order valence-corrected chi connectivity index (χ1v) is 9.60. The van der Waals surface area contributed by atoms with E-state index < -0.39 is 0 Å². The third-order valence-corrected chi connectivity index (χ3v) is 5.28. The summed E-state index contributed by atoms with van der Waals surface area (Å²) in [5, 5.41) is 1.88. The van der Waals surface area contributed by atoms with Crippen LogP contribution in [0.4, 0.5) is 0 Å². The second kappa shape index (κ2) is 6.74. The zero-order valence-corrected chi connectivity index (χ0v) is 16.3. The third-order valence-electron chi connectivity index (χ3n) is 4.66. The Morgan fingerprint density at radius 1 is 0.571 bits per heavy atom. The largest absolute Gasteiger partial charge is 0.339 e. The van der Waals surface area contributed by atoms with Gasteiger partial charge in [0.2, 0.25) is 0 Å². The summed E-state index contributed by atoms with van der Waals surface area (Å²) in [7, 11) is 0. The van der Waals surface area contributed by atoms with E-state index in [9.17, 15) is 0 Å². The monoisotopic (exact) mass is 398 g/mol. The summed E-state index contributed by atoms with van der Waals surface area (Å²) in [6.45, 7) is 0. The fraction of sp³-hybridized carbons (Fsp3) is 0. The van der Waals surface area contributed by atoms with Crippen LogP contribution in [0, 0.1) is 9.28 Å². The van der Waals surface area contributed by atoms with Gasteiger partial charge in [-0.15, -0.1) is 0 Å². The summed E-state index contributed by atoms with van der Waals surface area (Å²) < 4.78 is 1.16. The number of fused-ring (bicyclic) bond motifs is 2. The van der Waals surface area contributed by atoms with E-state index in [1.165, 1.54) is 0 Å². The smallest absolute Gasteiger partial charge is 0.139 e. The minimum absolute atomic E-state index is 0.581. The lowest BCUT2D eigenvalue weighted by Gasteiger charge is -2.08. The molecule has 2 heterocycles. The number of aromatic nitrogens is 4. The number of benzene rings is 3. The molecule has 0 radical (unpaired) electrons. The number of hydrogen-bond donors (Lipinski definition) is 2. The first-order valence-electron chi connectivity index (χ1n) is 8.78. The molecule has 2 aromatic heterocycles. The average Bonchev–Trinajstić information content (AvgIpc) is 2.74. The molecule has 28 heavy (non-hydrogen) atoms. The molecular weight excluding hydrogens is 384 g/mol. The maximum atomic E-state index is 5.47. The van der Waals surface area contributed by atoms with Gasteiger partial charge in [0.15, 0.2) is 0 Å². The van der Waals surface area contributed by atoms with Crippen LogP contribution in [-0.4, -0.2) is 19.9 Å². The van der Waals surface area contributed by atoms with Crippen molar-refractivity contribution < 1.29 is 0 Å². The van der Waals surface area contributed by atoms with Crippen molar-refractivity contribution in [2.75, 3.05) is 0 Å². The maximum Gasteiger partial charge on any atom is 0.139 e. The molecule has 0 aliphatic rings. The Labute approximate surface area is 171 Å². The van der Waals surface area contributed by atoms with Crippen molar-refractivity contribution >= 4 is 46.2 Å². The van der Waals surface area contributed by atoms with Gasteiger partial charge in [0.05, 0.1) is 0 Å². The van der Waals surface area contributed by atoms with Gasteiger partial charge in [-0.25, -0.2) is 9.97 Å². The highest BCUT2D eigenvalue weighted by molar-refractivity contribution is 7.71. The molecule has 0 saturated carbocycles. The Kier molecular flexibility index (Phi) is 4.07. The molecule has 0 aliphatic heterocycles. The van der Waals surface area contributed by atoms with Crippen LogP contribution in [0.3, 0.4) is 0 Å². The molecule has 0 spiro atoms. The summed E-state index contributed by atoms with van der Waals surface area (Å²) in [5.41, 5.74) is 3.80. The third kappa shape index (κ3) is 2.93. The Morgan fingerprint density at radius 2 is 1.04 bits per heavy atom. The van der Waals surface area contributed by atoms with Gasteiger partial charge in [0.25, 0.3) is 0 Å². The van der Waals surface area contributed by atoms with Crippen LogP contribution in [0.2, 0.25) is 0 Å². The fourth-order valence-corrected chi connectivity index (χ4v) is 3.82. The fourth-order valence-electron chi connectivity index (χ4n) is 3.28. The number of para-hydroxylation sites is 2. The van der Waals surface area contributed by atoms with Crippen LogP contribution >= 0.6 is 24.4 Å². The highest BCUT2D eigenvalue weighted by Gasteiger charge is 2.08. The predicted molar refractivity (Wildman–Crippen MR) is 118 cm³/mol. The van der Waals surface area contributed by atoms with Gasteiger partial charge in [0.1, 0.15) is 20.9 Å². The van der Waals surface area contributed by atoms with E-state index in [0.717, 1.165) is 44.6 Å². The second-order valence-electron chi connectivity index (χ2n) is 6.45. The van der Waals surface area contributed by atoms with Crippen LogP contribution < -0.4 is 0 Å². The van der Waals surface area contributed by atoms with Gasteiger partial charge >= 0.3 is 0 Å². The van der Waals surface area contributed by atoms with Gasteiger partial charge in [-0.1, -0.05) is 66.9 Å². The van der Waals surface area contributed by atoms with Gasteiger partial charge in [-0.3, -0.25) is 0 Å². The Bertz CT molecular complexity index is 1360. The van der Waals surface area contributed by atoms with Crippen molar-refractivity contribution in [2.24, 2.45) is 0 Å². The normalized spacial score (nSPS) is 11.1. The van der Waals surface area contributed by atoms with E-state index in [4.69, 9.17) is 24.4 Å². The quantitative estimate of drug-likeness (QED) is 0.346. The molecule has 0 saturated heterocycles. The molecular formula is C22H14N4S2. The summed E-state index contributed by atoms with van der Waals surface area (Å²) in [5.74, 6) is 1.45. The Morgan fingerprint density at radius 3 is 1.54 bits per heavy atom. The lowest BCUT2D eigenvalue weighted by atomic mass is 10.1. The number of rotatable bonds is 2. The molecule has 0 amide bonds. The first kappa shape index (κ1) is 16.9. The topological polar surface area (TPSA) is 57.4 Å². The molecule has 0 aliphatic carbocycles. The number of H-pyrrole nitrogens is 2. The summed E-state index contributed by atoms with van der Waals surface area (Å²) in [4.78, 5) is 15.9. The standard InChI is InChI=1S/C22H14N4S2/c27-21-15-8-1-3-10-17(15)23-19(25-21)13-6-5-7-14(12-13)20-24-18-11-4-2-9-16(18)22(28)26-20/h1-12H,(H,23,25,27)(H,24,26,28). The molecule has 2 N–H and O–H groups in total. The molecule has 5 aromatic rings. The SMILES string of the molecule is S=c1nc(-c2cccc(-c3nc(=S)c4ccccc4[nH]3)c2)[nH]c2ccccc12. The van der Waals surface area contributed by atoms with Crippen LogP contribution in [0.15, 0.2) is 72.8 Å². The van der Waals surface area contributed by atoms with Gasteiger partial charge < -0.3 is 9.97 Å². The van der Waals surface area contributed by atoms with E-state index in [0.29, 0.717) is 9.28 Å². The van der Waals surface area contributed by atoms with Crippen molar-refractivity contribution in [1.82, 2.24) is 19.9 Å². The minimum atomic E-state index is 0.581. The lowest BCUT2D eigenvalue weighted by molar-refractivity contribution is 1.20. The summed E-state index contributed by atoms with van der Waals surface area (Å²) >= 11 is 10.9. The molecule has 6 heteroatoms. The number of nitrogens with zero attached hydrogens (tertiary/aromatic N) is 2. The zero-order chi connectivity index (χ0) is 19.1. The Balaban J connectivity index is 1.67. The number of nitrogens with one attached hydrogen (secondary N) is 2.